The zero-order valence-corrected chi connectivity index (χ0v) is 14.4. The second-order valence-corrected chi connectivity index (χ2v) is 5.14. The number of hydrogen-bond acceptors (Lipinski definition) is 8. The van der Waals surface area contributed by atoms with Crippen LogP contribution in [0.4, 0.5) is 30.6 Å². The van der Waals surface area contributed by atoms with Crippen LogP contribution in [0.25, 0.3) is 0 Å². The maximum Gasteiger partial charge on any atom is 0.433 e. The van der Waals surface area contributed by atoms with Gasteiger partial charge in [-0.15, -0.1) is 0 Å². The third-order valence-electron chi connectivity index (χ3n) is 3.29. The van der Waals surface area contributed by atoms with Crippen molar-refractivity contribution >= 4 is 23.4 Å². The molecule has 0 fully saturated rings. The molecule has 0 aliphatic carbocycles. The van der Waals surface area contributed by atoms with Crippen molar-refractivity contribution in [2.24, 2.45) is 0 Å². The van der Waals surface area contributed by atoms with E-state index in [0.717, 1.165) is 6.07 Å². The molecule has 2 rings (SSSR count). The van der Waals surface area contributed by atoms with Gasteiger partial charge in [0.05, 0.1) is 20.8 Å². The quantitative estimate of drug-likeness (QED) is 0.623. The van der Waals surface area contributed by atoms with Gasteiger partial charge < -0.3 is 25.2 Å². The Morgan fingerprint density at radius 2 is 1.96 bits per heavy atom. The largest absolute Gasteiger partial charge is 0.496 e. The van der Waals surface area contributed by atoms with E-state index in [1.807, 2.05) is 0 Å². The first-order chi connectivity index (χ1) is 12.8. The lowest BCUT2D eigenvalue weighted by atomic mass is 10.2. The Kier molecular flexibility index (Phi) is 6.40. The molecule has 8 nitrogen and oxygen atoms in total. The number of anilines is 3. The number of aliphatic hydroxyl groups is 1. The molecular weight excluding hydrogens is 369 g/mol. The summed E-state index contributed by atoms with van der Waals surface area (Å²) in [5.74, 6) is -0.865. The van der Waals surface area contributed by atoms with Crippen molar-refractivity contribution in [3.63, 3.8) is 0 Å². The Labute approximate surface area is 152 Å². The Hall–Kier alpha value is -3.08. The number of halogens is 3. The number of hydrogen-bond donors (Lipinski definition) is 3. The van der Waals surface area contributed by atoms with E-state index in [-0.39, 0.29) is 36.2 Å². The van der Waals surface area contributed by atoms with Gasteiger partial charge >= 0.3 is 12.1 Å². The fourth-order valence-corrected chi connectivity index (χ4v) is 2.10. The van der Waals surface area contributed by atoms with Crippen molar-refractivity contribution in [3.05, 3.63) is 35.5 Å². The topological polar surface area (TPSA) is 106 Å². The van der Waals surface area contributed by atoms with Gasteiger partial charge in [-0.05, 0) is 12.1 Å². The molecule has 0 saturated carbocycles. The van der Waals surface area contributed by atoms with Gasteiger partial charge in [-0.2, -0.15) is 18.2 Å². The van der Waals surface area contributed by atoms with E-state index in [0.29, 0.717) is 5.69 Å². The fourth-order valence-electron chi connectivity index (χ4n) is 2.10. The summed E-state index contributed by atoms with van der Waals surface area (Å²) in [6.07, 6.45) is -4.68. The molecule has 27 heavy (non-hydrogen) atoms. The number of alkyl halides is 3. The van der Waals surface area contributed by atoms with E-state index >= 15 is 0 Å². The number of aromatic nitrogens is 2. The number of carbonyl (C=O) groups is 1. The summed E-state index contributed by atoms with van der Waals surface area (Å²) in [6.45, 7) is -0.309. The summed E-state index contributed by atoms with van der Waals surface area (Å²) in [5, 5.41) is 14.0. The molecule has 0 unspecified atom stereocenters. The normalized spacial score (nSPS) is 11.0. The molecule has 0 radical (unpaired) electrons. The lowest BCUT2D eigenvalue weighted by Gasteiger charge is -2.14. The average molecular weight is 386 g/mol. The maximum absolute atomic E-state index is 13.0. The summed E-state index contributed by atoms with van der Waals surface area (Å²) in [6, 6.07) is 5.03. The van der Waals surface area contributed by atoms with Gasteiger partial charge in [-0.1, -0.05) is 0 Å². The number of nitrogens with one attached hydrogen (secondary N) is 2. The first-order valence-corrected chi connectivity index (χ1v) is 7.63. The minimum atomic E-state index is -4.68. The molecule has 0 aliphatic rings. The SMILES string of the molecule is COC(=O)c1ccc(Nc2cc(C(F)(F)F)nc(NCCO)n2)cc1OC. The summed E-state index contributed by atoms with van der Waals surface area (Å²) in [4.78, 5) is 19.0. The van der Waals surface area contributed by atoms with Crippen LogP contribution in [-0.4, -0.2) is 48.4 Å². The zero-order valence-electron chi connectivity index (χ0n) is 14.4. The van der Waals surface area contributed by atoms with Crippen LogP contribution in [0, 0.1) is 0 Å². The Morgan fingerprint density at radius 1 is 1.22 bits per heavy atom. The molecule has 1 heterocycles. The highest BCUT2D eigenvalue weighted by molar-refractivity contribution is 5.93. The van der Waals surface area contributed by atoms with Crippen LogP contribution >= 0.6 is 0 Å². The van der Waals surface area contributed by atoms with Gasteiger partial charge in [0, 0.05) is 24.4 Å². The number of nitrogens with zero attached hydrogens (tertiary/aromatic N) is 2. The van der Waals surface area contributed by atoms with Crippen molar-refractivity contribution < 1.29 is 32.5 Å². The van der Waals surface area contributed by atoms with E-state index in [2.05, 4.69) is 25.3 Å². The highest BCUT2D eigenvalue weighted by Gasteiger charge is 2.33. The lowest BCUT2D eigenvalue weighted by molar-refractivity contribution is -0.141. The number of ether oxygens (including phenoxy) is 2. The van der Waals surface area contributed by atoms with E-state index in [1.165, 1.54) is 32.4 Å². The third kappa shape index (κ3) is 5.20. The maximum atomic E-state index is 13.0. The van der Waals surface area contributed by atoms with Crippen LogP contribution in [0.2, 0.25) is 0 Å². The lowest BCUT2D eigenvalue weighted by Crippen LogP contribution is -2.15. The molecular formula is C16H17F3N4O4. The van der Waals surface area contributed by atoms with Crippen LogP contribution in [-0.2, 0) is 10.9 Å². The molecule has 0 spiro atoms. The molecule has 0 amide bonds. The van der Waals surface area contributed by atoms with E-state index in [4.69, 9.17) is 9.84 Å². The van der Waals surface area contributed by atoms with Crippen LogP contribution in [0.1, 0.15) is 16.1 Å². The first kappa shape index (κ1) is 20.2. The van der Waals surface area contributed by atoms with E-state index in [9.17, 15) is 18.0 Å². The minimum absolute atomic E-state index is 0.0115. The van der Waals surface area contributed by atoms with E-state index in [1.54, 1.807) is 0 Å². The number of methoxy groups -OCH3 is 2. The summed E-state index contributed by atoms with van der Waals surface area (Å²) >= 11 is 0. The number of carbonyl (C=O) groups excluding carboxylic acids is 1. The number of aliphatic hydroxyl groups excluding tert-OH is 1. The van der Waals surface area contributed by atoms with Gasteiger partial charge in [0.2, 0.25) is 5.95 Å². The van der Waals surface area contributed by atoms with Crippen molar-refractivity contribution in [2.75, 3.05) is 38.0 Å². The molecule has 0 saturated heterocycles. The summed E-state index contributed by atoms with van der Waals surface area (Å²) in [7, 11) is 2.56. The monoisotopic (exact) mass is 386 g/mol. The first-order valence-electron chi connectivity index (χ1n) is 7.63. The van der Waals surface area contributed by atoms with Crippen LogP contribution in [0.15, 0.2) is 24.3 Å². The van der Waals surface area contributed by atoms with Crippen molar-refractivity contribution in [1.29, 1.82) is 0 Å². The van der Waals surface area contributed by atoms with Crippen LogP contribution in [0.3, 0.4) is 0 Å². The van der Waals surface area contributed by atoms with Gasteiger partial charge in [0.15, 0.2) is 5.69 Å². The summed E-state index contributed by atoms with van der Waals surface area (Å²) in [5.41, 5.74) is -0.660. The third-order valence-corrected chi connectivity index (χ3v) is 3.29. The van der Waals surface area contributed by atoms with Crippen LogP contribution < -0.4 is 15.4 Å². The van der Waals surface area contributed by atoms with Gasteiger partial charge in [0.1, 0.15) is 17.1 Å². The Morgan fingerprint density at radius 3 is 2.56 bits per heavy atom. The molecule has 2 aromatic rings. The van der Waals surface area contributed by atoms with E-state index < -0.39 is 17.8 Å². The standard InChI is InChI=1S/C16H17F3N4O4/c1-26-11-7-9(3-4-10(11)14(25)27-2)21-13-8-12(16(17,18)19)22-15(23-13)20-5-6-24/h3-4,7-8,24H,5-6H2,1-2H3,(H2,20,21,22,23). The predicted molar refractivity (Wildman–Crippen MR) is 90.2 cm³/mol. The van der Waals surface area contributed by atoms with Crippen molar-refractivity contribution in [3.8, 4) is 5.75 Å². The molecule has 1 aromatic carbocycles. The molecule has 3 N–H and O–H groups in total. The van der Waals surface area contributed by atoms with Crippen LogP contribution in [0.5, 0.6) is 5.75 Å². The smallest absolute Gasteiger partial charge is 0.433 e. The molecule has 146 valence electrons. The molecule has 1 aromatic heterocycles. The highest BCUT2D eigenvalue weighted by Crippen LogP contribution is 2.31. The predicted octanol–water partition coefficient (Wildman–Crippen LogP) is 2.44. The zero-order chi connectivity index (χ0) is 20.0. The second-order valence-electron chi connectivity index (χ2n) is 5.14. The van der Waals surface area contributed by atoms with Gasteiger partial charge in [-0.3, -0.25) is 0 Å². The number of rotatable bonds is 7. The minimum Gasteiger partial charge on any atom is -0.496 e. The number of benzene rings is 1. The summed E-state index contributed by atoms with van der Waals surface area (Å²) < 4.78 is 48.9. The second kappa shape index (κ2) is 8.54. The van der Waals surface area contributed by atoms with Crippen molar-refractivity contribution in [2.45, 2.75) is 6.18 Å². The van der Waals surface area contributed by atoms with Crippen molar-refractivity contribution in [1.82, 2.24) is 9.97 Å². The molecule has 0 aliphatic heterocycles. The average Bonchev–Trinajstić information content (AvgIpc) is 2.64. The Balaban J connectivity index is 2.36. The van der Waals surface area contributed by atoms with Gasteiger partial charge in [0.25, 0.3) is 0 Å². The molecule has 0 bridgehead atoms. The fraction of sp³-hybridized carbons (Fsp3) is 0.312. The highest BCUT2D eigenvalue weighted by atomic mass is 19.4. The number of esters is 1. The molecule has 11 heteroatoms. The Bertz CT molecular complexity index is 815. The molecule has 0 atom stereocenters. The van der Waals surface area contributed by atoms with Gasteiger partial charge in [-0.25, -0.2) is 9.78 Å².